The summed E-state index contributed by atoms with van der Waals surface area (Å²) >= 11 is 0. The van der Waals surface area contributed by atoms with Crippen LogP contribution in [0.3, 0.4) is 0 Å². The average molecular weight is 169 g/mol. The molecule has 0 bridgehead atoms. The van der Waals surface area contributed by atoms with Gasteiger partial charge >= 0.3 is 0 Å². The quantitative estimate of drug-likeness (QED) is 0.473. The normalized spacial score (nSPS) is 12.7. The smallest absolute Gasteiger partial charge is 0.212 e. The molecule has 0 aliphatic rings. The second-order valence-electron chi connectivity index (χ2n) is 1.59. The Kier molecular flexibility index (Phi) is 3.89. The van der Waals surface area contributed by atoms with Crippen molar-refractivity contribution in [3.05, 3.63) is 12.2 Å². The minimum atomic E-state index is -3.31. The van der Waals surface area contributed by atoms with E-state index in [1.54, 1.807) is 12.2 Å². The first-order chi connectivity index (χ1) is 4.06. The highest BCUT2D eigenvalue weighted by Crippen LogP contribution is 1.96. The molecule has 0 amide bonds. The van der Waals surface area contributed by atoms with E-state index in [1.807, 2.05) is 6.92 Å². The summed E-state index contributed by atoms with van der Waals surface area (Å²) in [6.45, 7) is 1.93. The second-order valence-corrected chi connectivity index (χ2v) is 4.41. The molecule has 0 aromatic carbocycles. The molecule has 0 unspecified atom stereocenters. The summed E-state index contributed by atoms with van der Waals surface area (Å²) in [7, 11) is 1.58. The van der Waals surface area contributed by atoms with Gasteiger partial charge in [0.05, 0.1) is 5.75 Å². The van der Waals surface area contributed by atoms with Crippen LogP contribution in [-0.4, -0.2) is 14.2 Å². The molecule has 9 heavy (non-hydrogen) atoms. The number of hydrogen-bond donors (Lipinski definition) is 0. The molecule has 0 aliphatic carbocycles. The van der Waals surface area contributed by atoms with Crippen LogP contribution >= 0.6 is 10.7 Å². The Bertz CT molecular complexity index is 181. The Morgan fingerprint density at radius 1 is 1.44 bits per heavy atom. The number of halogens is 1. The predicted octanol–water partition coefficient (Wildman–Crippen LogP) is 1.52. The van der Waals surface area contributed by atoms with Crippen LogP contribution in [0.15, 0.2) is 12.2 Å². The van der Waals surface area contributed by atoms with Gasteiger partial charge < -0.3 is 0 Å². The van der Waals surface area contributed by atoms with Gasteiger partial charge in [0, 0.05) is 10.7 Å². The summed E-state index contributed by atoms with van der Waals surface area (Å²) in [5.41, 5.74) is 0. The summed E-state index contributed by atoms with van der Waals surface area (Å²) < 4.78 is 20.4. The molecule has 0 aromatic rings. The highest BCUT2D eigenvalue weighted by Gasteiger charge is 1.98. The molecule has 0 atom stereocenters. The topological polar surface area (TPSA) is 34.1 Å². The first kappa shape index (κ1) is 8.98. The SMILES string of the molecule is CCC=CCS(=O)(=O)Cl. The van der Waals surface area contributed by atoms with Crippen molar-refractivity contribution in [1.82, 2.24) is 0 Å². The Morgan fingerprint density at radius 2 is 2.00 bits per heavy atom. The first-order valence-corrected chi connectivity index (χ1v) is 5.11. The molecular formula is C5H9ClO2S. The molecule has 0 aromatic heterocycles. The molecule has 0 saturated heterocycles. The van der Waals surface area contributed by atoms with E-state index in [1.165, 1.54) is 0 Å². The van der Waals surface area contributed by atoms with E-state index in [9.17, 15) is 8.42 Å². The fraction of sp³-hybridized carbons (Fsp3) is 0.600. The third-order valence-electron chi connectivity index (χ3n) is 0.698. The van der Waals surface area contributed by atoms with Gasteiger partial charge in [-0.15, -0.1) is 0 Å². The fourth-order valence-electron chi connectivity index (χ4n) is 0.350. The molecule has 0 rings (SSSR count). The van der Waals surface area contributed by atoms with Crippen LogP contribution in [-0.2, 0) is 9.05 Å². The van der Waals surface area contributed by atoms with Gasteiger partial charge in [0.25, 0.3) is 0 Å². The average Bonchev–Trinajstić information content (AvgIpc) is 1.63. The van der Waals surface area contributed by atoms with Crippen LogP contribution in [0, 0.1) is 0 Å². The summed E-state index contributed by atoms with van der Waals surface area (Å²) in [4.78, 5) is 0. The molecule has 54 valence electrons. The predicted molar refractivity (Wildman–Crippen MR) is 39.1 cm³/mol. The van der Waals surface area contributed by atoms with Crippen LogP contribution in [0.2, 0.25) is 0 Å². The van der Waals surface area contributed by atoms with Crippen molar-refractivity contribution in [1.29, 1.82) is 0 Å². The third kappa shape index (κ3) is 7.98. The maximum atomic E-state index is 10.2. The van der Waals surface area contributed by atoms with Gasteiger partial charge in [0.2, 0.25) is 9.05 Å². The summed E-state index contributed by atoms with van der Waals surface area (Å²) in [5.74, 6) is -0.0671. The van der Waals surface area contributed by atoms with Crippen LogP contribution in [0.1, 0.15) is 13.3 Å². The molecule has 0 heterocycles. The molecule has 0 N–H and O–H groups in total. The van der Waals surface area contributed by atoms with E-state index in [0.717, 1.165) is 6.42 Å². The fourth-order valence-corrected chi connectivity index (χ4v) is 0.934. The Balaban J connectivity index is 3.65. The zero-order valence-electron chi connectivity index (χ0n) is 5.17. The summed E-state index contributed by atoms with van der Waals surface area (Å²) in [5, 5.41) is 0. The molecule has 0 radical (unpaired) electrons. The van der Waals surface area contributed by atoms with Crippen molar-refractivity contribution in [2.45, 2.75) is 13.3 Å². The number of rotatable bonds is 3. The first-order valence-electron chi connectivity index (χ1n) is 2.63. The standard InChI is InChI=1S/C5H9ClO2S/c1-2-3-4-5-9(6,7)8/h3-4H,2,5H2,1H3. The molecule has 4 heteroatoms. The largest absolute Gasteiger partial charge is 0.236 e. The van der Waals surface area contributed by atoms with Gasteiger partial charge in [0.1, 0.15) is 0 Å². The maximum Gasteiger partial charge on any atom is 0.236 e. The highest BCUT2D eigenvalue weighted by molar-refractivity contribution is 8.13. The van der Waals surface area contributed by atoms with Gasteiger partial charge in [-0.25, -0.2) is 8.42 Å². The van der Waals surface area contributed by atoms with Gasteiger partial charge in [-0.05, 0) is 6.42 Å². The zero-order valence-corrected chi connectivity index (χ0v) is 6.74. The Morgan fingerprint density at radius 3 is 2.33 bits per heavy atom. The van der Waals surface area contributed by atoms with Crippen molar-refractivity contribution in [2.24, 2.45) is 0 Å². The van der Waals surface area contributed by atoms with Gasteiger partial charge in [-0.2, -0.15) is 0 Å². The Hall–Kier alpha value is -0.0200. The highest BCUT2D eigenvalue weighted by atomic mass is 35.7. The molecule has 2 nitrogen and oxygen atoms in total. The molecule has 0 aliphatic heterocycles. The lowest BCUT2D eigenvalue weighted by Crippen LogP contribution is -1.91. The molecule has 0 saturated carbocycles. The van der Waals surface area contributed by atoms with Crippen molar-refractivity contribution < 1.29 is 8.42 Å². The molecule has 0 spiro atoms. The van der Waals surface area contributed by atoms with E-state index in [0.29, 0.717) is 0 Å². The lowest BCUT2D eigenvalue weighted by molar-refractivity contribution is 0.612. The van der Waals surface area contributed by atoms with Crippen LogP contribution < -0.4 is 0 Å². The Labute approximate surface area is 59.9 Å². The second kappa shape index (κ2) is 3.90. The van der Waals surface area contributed by atoms with Crippen molar-refractivity contribution in [2.75, 3.05) is 5.75 Å². The van der Waals surface area contributed by atoms with E-state index < -0.39 is 9.05 Å². The van der Waals surface area contributed by atoms with Crippen molar-refractivity contribution in [3.8, 4) is 0 Å². The van der Waals surface area contributed by atoms with Crippen molar-refractivity contribution in [3.63, 3.8) is 0 Å². The van der Waals surface area contributed by atoms with E-state index >= 15 is 0 Å². The van der Waals surface area contributed by atoms with Crippen LogP contribution in [0.4, 0.5) is 0 Å². The molecular weight excluding hydrogens is 160 g/mol. The van der Waals surface area contributed by atoms with E-state index in [2.05, 4.69) is 0 Å². The summed E-state index contributed by atoms with van der Waals surface area (Å²) in [6.07, 6.45) is 4.15. The minimum Gasteiger partial charge on any atom is -0.212 e. The third-order valence-corrected chi connectivity index (χ3v) is 1.67. The number of hydrogen-bond acceptors (Lipinski definition) is 2. The van der Waals surface area contributed by atoms with Crippen molar-refractivity contribution >= 4 is 19.7 Å². The maximum absolute atomic E-state index is 10.2. The van der Waals surface area contributed by atoms with Crippen LogP contribution in [0.5, 0.6) is 0 Å². The molecule has 0 fully saturated rings. The van der Waals surface area contributed by atoms with Gasteiger partial charge in [0.15, 0.2) is 0 Å². The zero-order chi connectivity index (χ0) is 7.33. The van der Waals surface area contributed by atoms with E-state index in [4.69, 9.17) is 10.7 Å². The van der Waals surface area contributed by atoms with Crippen LogP contribution in [0.25, 0.3) is 0 Å². The number of allylic oxidation sites excluding steroid dienone is 1. The van der Waals surface area contributed by atoms with Gasteiger partial charge in [-0.3, -0.25) is 0 Å². The van der Waals surface area contributed by atoms with Gasteiger partial charge in [-0.1, -0.05) is 19.1 Å². The lowest BCUT2D eigenvalue weighted by atomic mass is 10.4. The summed E-state index contributed by atoms with van der Waals surface area (Å²) in [6, 6.07) is 0. The van der Waals surface area contributed by atoms with E-state index in [-0.39, 0.29) is 5.75 Å². The lowest BCUT2D eigenvalue weighted by Gasteiger charge is -1.83. The monoisotopic (exact) mass is 168 g/mol. The minimum absolute atomic E-state index is 0.0671.